The largest absolute Gasteiger partial charge is 1.00 e. The molecule has 1 aromatic carbocycles. The minimum atomic E-state index is -0.660. The van der Waals surface area contributed by atoms with Crippen LogP contribution in [0, 0.1) is 11.8 Å². The fraction of sp³-hybridized carbons (Fsp3) is 0.524. The summed E-state index contributed by atoms with van der Waals surface area (Å²) >= 11 is 1.95. The number of ketones is 2. The van der Waals surface area contributed by atoms with Crippen LogP contribution in [0.15, 0.2) is 30.3 Å². The Kier molecular flexibility index (Phi) is 17.3. The zero-order valence-corrected chi connectivity index (χ0v) is 24.1. The zero-order valence-electron chi connectivity index (χ0n) is 17.9. The molecule has 2 unspecified atom stereocenters. The molecule has 9 heteroatoms. The van der Waals surface area contributed by atoms with Crippen LogP contribution in [0.5, 0.6) is 0 Å². The van der Waals surface area contributed by atoms with Gasteiger partial charge in [-0.05, 0) is 36.3 Å². The molecule has 0 heterocycles. The Morgan fingerprint density at radius 1 is 1.10 bits per heavy atom. The van der Waals surface area contributed by atoms with Crippen molar-refractivity contribution in [2.75, 3.05) is 6.54 Å². The molecule has 30 heavy (non-hydrogen) atoms. The topological polar surface area (TPSA) is 106 Å². The Labute approximate surface area is 236 Å². The number of hydrogen-bond donors (Lipinski definition) is 2. The number of amides is 1. The van der Waals surface area contributed by atoms with Gasteiger partial charge >= 0.3 is 51.4 Å². The number of rotatable bonds is 14. The molecule has 3 N–H and O–H groups in total. The van der Waals surface area contributed by atoms with Gasteiger partial charge in [-0.2, -0.15) is 0 Å². The molecular weight excluding hydrogens is 541 g/mol. The Bertz CT molecular complexity index is 704. The molecule has 160 valence electrons. The molecule has 0 radical (unpaired) electrons. The fourth-order valence-corrected chi connectivity index (χ4v) is 3.91. The van der Waals surface area contributed by atoms with Crippen molar-refractivity contribution >= 4 is 51.3 Å². The molecule has 0 spiro atoms. The Morgan fingerprint density at radius 3 is 2.27 bits per heavy atom. The summed E-state index contributed by atoms with van der Waals surface area (Å²) in [4.78, 5) is 49.1. The number of benzene rings is 1. The number of hydrogen-bond acceptors (Lipinski definition) is 5. The second-order valence-electron chi connectivity index (χ2n) is 7.47. The van der Waals surface area contributed by atoms with Crippen LogP contribution in [0.25, 0.3) is 0 Å². The smallest absolute Gasteiger partial charge is 0.390 e. The molecule has 6 nitrogen and oxygen atoms in total. The number of carbonyl (C=O) groups is 4. The number of Topliss-reactive ketones (excluding diaryl/α,β-unsaturated/α-hetero) is 2. The van der Waals surface area contributed by atoms with Gasteiger partial charge in [-0.15, -0.1) is 0 Å². The van der Waals surface area contributed by atoms with E-state index in [1.165, 1.54) is 0 Å². The average molecular weight is 570 g/mol. The van der Waals surface area contributed by atoms with Gasteiger partial charge in [0.25, 0.3) is 0 Å². The van der Waals surface area contributed by atoms with E-state index < -0.39 is 12.0 Å². The second-order valence-corrected chi connectivity index (χ2v) is 9.58. The Morgan fingerprint density at radius 2 is 1.73 bits per heavy atom. The molecule has 2 atom stereocenters. The van der Waals surface area contributed by atoms with E-state index in [2.05, 4.69) is 5.32 Å². The molecule has 0 saturated carbocycles. The summed E-state index contributed by atoms with van der Waals surface area (Å²) < 4.78 is 0. The van der Waals surface area contributed by atoms with Crippen LogP contribution in [-0.4, -0.2) is 35.6 Å². The minimum absolute atomic E-state index is 0. The van der Waals surface area contributed by atoms with Gasteiger partial charge in [-0.3, -0.25) is 14.4 Å². The van der Waals surface area contributed by atoms with Gasteiger partial charge in [0.2, 0.25) is 5.91 Å². The monoisotopic (exact) mass is 570 g/mol. The summed E-state index contributed by atoms with van der Waals surface area (Å²) in [6.45, 7) is 3.82. The minimum Gasteiger partial charge on any atom is -0.390 e. The van der Waals surface area contributed by atoms with Gasteiger partial charge in [0.15, 0.2) is 5.78 Å². The first kappa shape index (κ1) is 30.5. The van der Waals surface area contributed by atoms with Gasteiger partial charge < -0.3 is 44.1 Å². The predicted octanol–water partition coefficient (Wildman–Crippen LogP) is 0.470. The SMILES string of the molecule is CC(C)CC(NC(=O)C(CC(=O)CN)Cc1ccccc1)C(=O)CCC(=O)[P-]I.[K+]. The van der Waals surface area contributed by atoms with E-state index in [-0.39, 0.29) is 106 Å². The van der Waals surface area contributed by atoms with Crippen molar-refractivity contribution in [1.29, 1.82) is 0 Å². The predicted molar refractivity (Wildman–Crippen MR) is 124 cm³/mol. The van der Waals surface area contributed by atoms with E-state index in [0.717, 1.165) is 5.56 Å². The summed E-state index contributed by atoms with van der Waals surface area (Å²) in [5, 5.41) is 2.84. The van der Waals surface area contributed by atoms with Crippen LogP contribution < -0.4 is 62.4 Å². The molecule has 0 bridgehead atoms. The van der Waals surface area contributed by atoms with Gasteiger partial charge in [0.05, 0.1) is 12.6 Å². The Balaban J connectivity index is 0.00000841. The normalized spacial score (nSPS) is 13.0. The van der Waals surface area contributed by atoms with Gasteiger partial charge in [0, 0.05) is 18.8 Å². The van der Waals surface area contributed by atoms with E-state index in [9.17, 15) is 19.2 Å². The van der Waals surface area contributed by atoms with Crippen molar-refractivity contribution in [2.45, 2.75) is 52.0 Å². The third kappa shape index (κ3) is 12.5. The van der Waals surface area contributed by atoms with Crippen LogP contribution in [0.1, 0.15) is 45.1 Å². The first-order chi connectivity index (χ1) is 13.8. The molecule has 1 amide bonds. The zero-order chi connectivity index (χ0) is 21.8. The van der Waals surface area contributed by atoms with Crippen molar-refractivity contribution < 1.29 is 70.6 Å². The van der Waals surface area contributed by atoms with Crippen LogP contribution in [0.2, 0.25) is 0 Å². The molecule has 0 fully saturated rings. The summed E-state index contributed by atoms with van der Waals surface area (Å²) in [5.74, 6) is -1.07. The van der Waals surface area contributed by atoms with Crippen molar-refractivity contribution in [3.8, 4) is 0 Å². The first-order valence-corrected chi connectivity index (χ1v) is 13.4. The quantitative estimate of drug-likeness (QED) is 0.192. The summed E-state index contributed by atoms with van der Waals surface area (Å²) in [6, 6.07) is 8.79. The van der Waals surface area contributed by atoms with E-state index in [1.54, 1.807) is 0 Å². The third-order valence-corrected chi connectivity index (χ3v) is 6.52. The Hall–Kier alpha value is 0.456. The van der Waals surface area contributed by atoms with Crippen molar-refractivity contribution in [3.63, 3.8) is 0 Å². The average Bonchev–Trinajstić information content (AvgIpc) is 2.70. The molecule has 0 aliphatic heterocycles. The molecule has 0 aliphatic carbocycles. The van der Waals surface area contributed by atoms with Crippen LogP contribution >= 0.6 is 28.3 Å². The molecule has 0 aliphatic rings. The van der Waals surface area contributed by atoms with Crippen LogP contribution in [-0.2, 0) is 25.6 Å². The van der Waals surface area contributed by atoms with E-state index >= 15 is 0 Å². The molecule has 0 saturated heterocycles. The molecular formula is C21H29IKN2O4P. The number of carbonyl (C=O) groups excluding carboxylic acids is 4. The van der Waals surface area contributed by atoms with Gasteiger partial charge in [-0.25, -0.2) is 0 Å². The van der Waals surface area contributed by atoms with Crippen molar-refractivity contribution in [2.24, 2.45) is 17.6 Å². The fourth-order valence-electron chi connectivity index (χ4n) is 2.99. The first-order valence-electron chi connectivity index (χ1n) is 9.70. The van der Waals surface area contributed by atoms with E-state index in [4.69, 9.17) is 5.73 Å². The standard InChI is InChI=1S/C21H29IN2O4P.K/c1-14(2)10-18(19(26)8-9-20(27)29-22)24-21(28)16(12-17(25)13-23)11-15-6-4-3-5-7-15;/h3-7,14,16,18H,8-13,23H2,1-2H3,(H,24,28);/q-1;+1. The molecule has 1 rings (SSSR count). The number of nitrogens with one attached hydrogen (secondary N) is 1. The maximum Gasteiger partial charge on any atom is 1.00 e. The second kappa shape index (κ2) is 17.0. The van der Waals surface area contributed by atoms with Gasteiger partial charge in [0.1, 0.15) is 5.78 Å². The molecule has 1 aromatic rings. The third-order valence-electron chi connectivity index (χ3n) is 4.49. The summed E-state index contributed by atoms with van der Waals surface area (Å²) in [6.07, 6.45) is 1.80. The number of nitrogens with two attached hydrogens (primary N) is 1. The van der Waals surface area contributed by atoms with Crippen LogP contribution in [0.4, 0.5) is 0 Å². The van der Waals surface area contributed by atoms with Crippen molar-refractivity contribution in [1.82, 2.24) is 5.32 Å². The maximum atomic E-state index is 13.0. The van der Waals surface area contributed by atoms with Gasteiger partial charge in [-0.1, -0.05) is 44.2 Å². The number of halogens is 1. The van der Waals surface area contributed by atoms with Crippen molar-refractivity contribution in [3.05, 3.63) is 35.9 Å². The summed E-state index contributed by atoms with van der Waals surface area (Å²) in [5.41, 5.74) is 6.37. The maximum absolute atomic E-state index is 13.0. The van der Waals surface area contributed by atoms with E-state index in [1.807, 2.05) is 66.2 Å². The summed E-state index contributed by atoms with van der Waals surface area (Å²) in [7, 11) is 0. The van der Waals surface area contributed by atoms with Crippen LogP contribution in [0.3, 0.4) is 0 Å². The molecule has 0 aromatic heterocycles. The van der Waals surface area contributed by atoms with E-state index in [0.29, 0.717) is 19.1 Å².